The molecule has 4 nitrogen and oxygen atoms in total. The lowest BCUT2D eigenvalue weighted by Crippen LogP contribution is -2.11. The molecule has 0 aliphatic carbocycles. The second kappa shape index (κ2) is 6.28. The Balaban J connectivity index is 3.08. The fourth-order valence-corrected chi connectivity index (χ4v) is 1.52. The molecule has 0 saturated carbocycles. The molecule has 18 heavy (non-hydrogen) atoms. The molecule has 0 aliphatic heterocycles. The molecule has 1 heterocycles. The van der Waals surface area contributed by atoms with Gasteiger partial charge in [0.05, 0.1) is 25.8 Å². The molecule has 100 valence electrons. The van der Waals surface area contributed by atoms with Crippen molar-refractivity contribution in [3.05, 3.63) is 23.0 Å². The van der Waals surface area contributed by atoms with E-state index in [-0.39, 0.29) is 24.4 Å². The summed E-state index contributed by atoms with van der Waals surface area (Å²) in [6.45, 7) is 3.42. The van der Waals surface area contributed by atoms with Crippen molar-refractivity contribution in [3.8, 4) is 5.75 Å². The number of hydrogen-bond donors (Lipinski definition) is 0. The largest absolute Gasteiger partial charge is 0.495 e. The van der Waals surface area contributed by atoms with Gasteiger partial charge in [-0.15, -0.1) is 0 Å². The van der Waals surface area contributed by atoms with E-state index in [1.807, 2.05) is 0 Å². The average molecular weight is 259 g/mol. The van der Waals surface area contributed by atoms with E-state index in [2.05, 4.69) is 4.98 Å². The summed E-state index contributed by atoms with van der Waals surface area (Å²) in [6.07, 6.45) is -2.87. The van der Waals surface area contributed by atoms with Crippen molar-refractivity contribution in [3.63, 3.8) is 0 Å². The molecular formula is C12H15F2NO3. The minimum Gasteiger partial charge on any atom is -0.495 e. The summed E-state index contributed by atoms with van der Waals surface area (Å²) in [5.41, 5.74) is 0.154. The van der Waals surface area contributed by atoms with Crippen molar-refractivity contribution in [1.29, 1.82) is 0 Å². The Morgan fingerprint density at radius 1 is 1.50 bits per heavy atom. The third-order valence-corrected chi connectivity index (χ3v) is 2.34. The number of nitrogens with zero attached hydrogens (tertiary/aromatic N) is 1. The van der Waals surface area contributed by atoms with Crippen LogP contribution >= 0.6 is 0 Å². The van der Waals surface area contributed by atoms with Crippen LogP contribution in [0.4, 0.5) is 8.78 Å². The topological polar surface area (TPSA) is 48.4 Å². The first-order valence-electron chi connectivity index (χ1n) is 5.47. The summed E-state index contributed by atoms with van der Waals surface area (Å²) in [6, 6.07) is 1.45. The number of ether oxygens (including phenoxy) is 2. The Morgan fingerprint density at radius 3 is 2.67 bits per heavy atom. The summed E-state index contributed by atoms with van der Waals surface area (Å²) in [7, 11) is 1.40. The zero-order valence-electron chi connectivity index (χ0n) is 10.5. The van der Waals surface area contributed by atoms with Gasteiger partial charge in [0.1, 0.15) is 11.4 Å². The van der Waals surface area contributed by atoms with E-state index in [9.17, 15) is 13.6 Å². The standard InChI is InChI=1S/C12H15F2NO3/c1-4-18-10(16)6-8-9(17-3)5-7(2)11(15-8)12(13)14/h5,12H,4,6H2,1-3H3. The summed E-state index contributed by atoms with van der Waals surface area (Å²) < 4.78 is 35.2. The minimum atomic E-state index is -2.68. The summed E-state index contributed by atoms with van der Waals surface area (Å²) in [5, 5.41) is 0. The molecule has 0 spiro atoms. The van der Waals surface area contributed by atoms with Crippen LogP contribution in [0.5, 0.6) is 5.75 Å². The van der Waals surface area contributed by atoms with E-state index < -0.39 is 12.4 Å². The first-order chi connectivity index (χ1) is 8.49. The SMILES string of the molecule is CCOC(=O)Cc1nc(C(F)F)c(C)cc1OC. The van der Waals surface area contributed by atoms with Gasteiger partial charge in [-0.1, -0.05) is 0 Å². The predicted molar refractivity (Wildman–Crippen MR) is 60.8 cm³/mol. The molecule has 1 rings (SSSR count). The number of rotatable bonds is 5. The number of methoxy groups -OCH3 is 1. The molecule has 0 aromatic carbocycles. The monoisotopic (exact) mass is 259 g/mol. The Kier molecular flexibility index (Phi) is 5.00. The highest BCUT2D eigenvalue weighted by Crippen LogP contribution is 2.26. The smallest absolute Gasteiger partial charge is 0.312 e. The number of aromatic nitrogens is 1. The van der Waals surface area contributed by atoms with E-state index in [0.717, 1.165) is 0 Å². The number of hydrogen-bond acceptors (Lipinski definition) is 4. The van der Waals surface area contributed by atoms with Crippen molar-refractivity contribution in [1.82, 2.24) is 4.98 Å². The van der Waals surface area contributed by atoms with E-state index in [1.165, 1.54) is 20.1 Å². The molecule has 0 bridgehead atoms. The number of halogens is 2. The van der Waals surface area contributed by atoms with Gasteiger partial charge >= 0.3 is 5.97 Å². The van der Waals surface area contributed by atoms with E-state index in [1.54, 1.807) is 6.92 Å². The molecule has 0 unspecified atom stereocenters. The lowest BCUT2D eigenvalue weighted by molar-refractivity contribution is -0.142. The number of pyridine rings is 1. The van der Waals surface area contributed by atoms with Gasteiger partial charge < -0.3 is 9.47 Å². The quantitative estimate of drug-likeness (QED) is 0.762. The van der Waals surface area contributed by atoms with Gasteiger partial charge in [0.25, 0.3) is 6.43 Å². The van der Waals surface area contributed by atoms with Crippen molar-refractivity contribution in [2.75, 3.05) is 13.7 Å². The maximum absolute atomic E-state index is 12.7. The number of aryl methyl sites for hydroxylation is 1. The van der Waals surface area contributed by atoms with Gasteiger partial charge in [0.15, 0.2) is 0 Å². The molecule has 1 aromatic rings. The highest BCUT2D eigenvalue weighted by molar-refractivity contribution is 5.73. The molecular weight excluding hydrogens is 244 g/mol. The van der Waals surface area contributed by atoms with Crippen molar-refractivity contribution < 1.29 is 23.0 Å². The Hall–Kier alpha value is -1.72. The summed E-state index contributed by atoms with van der Waals surface area (Å²) >= 11 is 0. The third kappa shape index (κ3) is 3.38. The molecule has 0 saturated heterocycles. The maximum atomic E-state index is 12.7. The Labute approximate surface area is 104 Å². The number of esters is 1. The van der Waals surface area contributed by atoms with Crippen LogP contribution in [0.15, 0.2) is 6.07 Å². The van der Waals surface area contributed by atoms with Crippen LogP contribution < -0.4 is 4.74 Å². The van der Waals surface area contributed by atoms with Gasteiger partial charge in [-0.2, -0.15) is 0 Å². The Bertz CT molecular complexity index is 436. The molecule has 0 fully saturated rings. The van der Waals surface area contributed by atoms with E-state index in [0.29, 0.717) is 11.3 Å². The van der Waals surface area contributed by atoms with Gasteiger partial charge in [-0.05, 0) is 25.5 Å². The summed E-state index contributed by atoms with van der Waals surface area (Å²) in [4.78, 5) is 15.1. The second-order valence-corrected chi connectivity index (χ2v) is 3.62. The van der Waals surface area contributed by atoms with Crippen LogP contribution in [-0.2, 0) is 16.0 Å². The van der Waals surface area contributed by atoms with Crippen LogP contribution in [0.25, 0.3) is 0 Å². The van der Waals surface area contributed by atoms with Crippen LogP contribution in [0, 0.1) is 6.92 Å². The van der Waals surface area contributed by atoms with Gasteiger partial charge in [0.2, 0.25) is 0 Å². The van der Waals surface area contributed by atoms with Crippen LogP contribution in [0.1, 0.15) is 30.3 Å². The zero-order chi connectivity index (χ0) is 13.7. The maximum Gasteiger partial charge on any atom is 0.312 e. The van der Waals surface area contributed by atoms with Crippen molar-refractivity contribution in [2.45, 2.75) is 26.7 Å². The fourth-order valence-electron chi connectivity index (χ4n) is 1.52. The molecule has 0 N–H and O–H groups in total. The average Bonchev–Trinajstić information content (AvgIpc) is 2.30. The fraction of sp³-hybridized carbons (Fsp3) is 0.500. The zero-order valence-corrected chi connectivity index (χ0v) is 10.5. The van der Waals surface area contributed by atoms with Gasteiger partial charge in [-0.3, -0.25) is 4.79 Å². The van der Waals surface area contributed by atoms with Crippen molar-refractivity contribution >= 4 is 5.97 Å². The van der Waals surface area contributed by atoms with E-state index >= 15 is 0 Å². The van der Waals surface area contributed by atoms with Crippen LogP contribution in [0.3, 0.4) is 0 Å². The van der Waals surface area contributed by atoms with Crippen LogP contribution in [-0.4, -0.2) is 24.7 Å². The lowest BCUT2D eigenvalue weighted by Gasteiger charge is -2.11. The van der Waals surface area contributed by atoms with Crippen molar-refractivity contribution in [2.24, 2.45) is 0 Å². The first kappa shape index (κ1) is 14.3. The lowest BCUT2D eigenvalue weighted by atomic mass is 10.1. The second-order valence-electron chi connectivity index (χ2n) is 3.62. The van der Waals surface area contributed by atoms with Crippen LogP contribution in [0.2, 0.25) is 0 Å². The third-order valence-electron chi connectivity index (χ3n) is 2.34. The number of alkyl halides is 2. The molecule has 6 heteroatoms. The molecule has 0 radical (unpaired) electrons. The Morgan fingerprint density at radius 2 is 2.17 bits per heavy atom. The summed E-state index contributed by atoms with van der Waals surface area (Å²) in [5.74, 6) is -0.211. The molecule has 0 aliphatic rings. The van der Waals surface area contributed by atoms with Gasteiger partial charge in [-0.25, -0.2) is 13.8 Å². The minimum absolute atomic E-state index is 0.164. The normalized spacial score (nSPS) is 10.6. The molecule has 0 atom stereocenters. The van der Waals surface area contributed by atoms with E-state index in [4.69, 9.17) is 9.47 Å². The predicted octanol–water partition coefficient (Wildman–Crippen LogP) is 2.44. The number of carbonyl (C=O) groups is 1. The highest BCUT2D eigenvalue weighted by Gasteiger charge is 2.19. The molecule has 0 amide bonds. The first-order valence-corrected chi connectivity index (χ1v) is 5.47. The highest BCUT2D eigenvalue weighted by atomic mass is 19.3. The number of carbonyl (C=O) groups excluding carboxylic acids is 1. The molecule has 1 aromatic heterocycles. The van der Waals surface area contributed by atoms with Gasteiger partial charge in [0, 0.05) is 0 Å².